The minimum Gasteiger partial charge on any atom is -0.476 e. The summed E-state index contributed by atoms with van der Waals surface area (Å²) in [6, 6.07) is 0.799. The fraction of sp³-hybridized carbons (Fsp3) is 0.615. The minimum atomic E-state index is -1.03. The third-order valence-electron chi connectivity index (χ3n) is 4.08. The summed E-state index contributed by atoms with van der Waals surface area (Å²) < 4.78 is 0. The van der Waals surface area contributed by atoms with Gasteiger partial charge in [0.05, 0.1) is 0 Å². The standard InChI is InChI=1S/C13H18N4O2/c18-13(19)11-12(15-6-5-14-11)16-9-4-8-17-7-2-1-3-10(9)17/h5-6,9-10H,1-4,7-8H2,(H,15,16)(H,18,19). The highest BCUT2D eigenvalue weighted by Crippen LogP contribution is 2.29. The van der Waals surface area contributed by atoms with Crippen molar-refractivity contribution in [2.24, 2.45) is 0 Å². The van der Waals surface area contributed by atoms with Crippen molar-refractivity contribution < 1.29 is 9.90 Å². The van der Waals surface area contributed by atoms with E-state index in [0.717, 1.165) is 19.5 Å². The molecular weight excluding hydrogens is 244 g/mol. The normalized spacial score (nSPS) is 26.9. The lowest BCUT2D eigenvalue weighted by Gasteiger charge is -2.32. The monoisotopic (exact) mass is 262 g/mol. The van der Waals surface area contributed by atoms with Crippen LogP contribution >= 0.6 is 0 Å². The number of anilines is 1. The average molecular weight is 262 g/mol. The van der Waals surface area contributed by atoms with E-state index in [-0.39, 0.29) is 11.7 Å². The maximum absolute atomic E-state index is 11.1. The number of carboxylic acid groups (broad SMARTS) is 1. The van der Waals surface area contributed by atoms with Gasteiger partial charge in [0, 0.05) is 31.0 Å². The van der Waals surface area contributed by atoms with Crippen molar-refractivity contribution in [3.05, 3.63) is 18.1 Å². The van der Waals surface area contributed by atoms with Gasteiger partial charge in [0.1, 0.15) is 0 Å². The first-order chi connectivity index (χ1) is 9.25. The molecule has 0 saturated carbocycles. The highest BCUT2D eigenvalue weighted by Gasteiger charge is 2.36. The summed E-state index contributed by atoms with van der Waals surface area (Å²) in [5.74, 6) is -0.637. The molecule has 0 spiro atoms. The number of carbonyl (C=O) groups is 1. The van der Waals surface area contributed by atoms with Gasteiger partial charge in [-0.25, -0.2) is 14.8 Å². The van der Waals surface area contributed by atoms with Gasteiger partial charge in [-0.05, 0) is 25.8 Å². The van der Waals surface area contributed by atoms with Crippen molar-refractivity contribution in [2.75, 3.05) is 18.4 Å². The molecule has 2 aliphatic rings. The van der Waals surface area contributed by atoms with Gasteiger partial charge in [0.2, 0.25) is 0 Å². The summed E-state index contributed by atoms with van der Waals surface area (Å²) in [6.45, 7) is 2.25. The van der Waals surface area contributed by atoms with Gasteiger partial charge >= 0.3 is 5.97 Å². The van der Waals surface area contributed by atoms with E-state index in [9.17, 15) is 4.79 Å². The fourth-order valence-electron chi connectivity index (χ4n) is 3.19. The van der Waals surface area contributed by atoms with E-state index in [4.69, 9.17) is 5.11 Å². The van der Waals surface area contributed by atoms with Gasteiger partial charge in [-0.1, -0.05) is 6.42 Å². The highest BCUT2D eigenvalue weighted by atomic mass is 16.4. The zero-order valence-corrected chi connectivity index (χ0v) is 10.7. The molecule has 2 atom stereocenters. The van der Waals surface area contributed by atoms with Crippen LogP contribution in [0.5, 0.6) is 0 Å². The Labute approximate surface area is 111 Å². The van der Waals surface area contributed by atoms with Crippen molar-refractivity contribution in [1.82, 2.24) is 14.9 Å². The van der Waals surface area contributed by atoms with Gasteiger partial charge < -0.3 is 10.4 Å². The van der Waals surface area contributed by atoms with Gasteiger partial charge in [-0.2, -0.15) is 0 Å². The van der Waals surface area contributed by atoms with Gasteiger partial charge in [0.15, 0.2) is 11.5 Å². The fourth-order valence-corrected chi connectivity index (χ4v) is 3.19. The summed E-state index contributed by atoms with van der Waals surface area (Å²) in [7, 11) is 0. The molecule has 6 nitrogen and oxygen atoms in total. The first-order valence-electron chi connectivity index (χ1n) is 6.80. The van der Waals surface area contributed by atoms with Crippen LogP contribution in [-0.2, 0) is 0 Å². The van der Waals surface area contributed by atoms with Crippen LogP contribution in [0.15, 0.2) is 12.4 Å². The lowest BCUT2D eigenvalue weighted by atomic mass is 9.99. The maximum atomic E-state index is 11.1. The molecule has 0 amide bonds. The Morgan fingerprint density at radius 1 is 1.26 bits per heavy atom. The Morgan fingerprint density at radius 3 is 2.95 bits per heavy atom. The molecule has 6 heteroatoms. The van der Waals surface area contributed by atoms with Gasteiger partial charge in [0.25, 0.3) is 0 Å². The lowest BCUT2D eigenvalue weighted by molar-refractivity contribution is 0.0691. The first-order valence-corrected chi connectivity index (χ1v) is 6.80. The van der Waals surface area contributed by atoms with Crippen molar-refractivity contribution in [2.45, 2.75) is 37.8 Å². The number of rotatable bonds is 3. The summed E-state index contributed by atoms with van der Waals surface area (Å²) >= 11 is 0. The molecule has 0 aliphatic carbocycles. The molecule has 0 radical (unpaired) electrons. The van der Waals surface area contributed by atoms with Crippen LogP contribution in [0.3, 0.4) is 0 Å². The number of aromatic nitrogens is 2. The molecule has 2 unspecified atom stereocenters. The number of nitrogens with zero attached hydrogens (tertiary/aromatic N) is 3. The first kappa shape index (κ1) is 12.3. The second-order valence-electron chi connectivity index (χ2n) is 5.20. The number of aromatic carboxylic acids is 1. The number of fused-ring (bicyclic) bond motifs is 1. The number of piperidine rings is 1. The van der Waals surface area contributed by atoms with Crippen molar-refractivity contribution in [1.29, 1.82) is 0 Å². The topological polar surface area (TPSA) is 78.3 Å². The largest absolute Gasteiger partial charge is 0.476 e. The zero-order valence-electron chi connectivity index (χ0n) is 10.7. The van der Waals surface area contributed by atoms with Gasteiger partial charge in [-0.3, -0.25) is 4.90 Å². The predicted octanol–water partition coefficient (Wildman–Crippen LogP) is 1.21. The molecule has 19 heavy (non-hydrogen) atoms. The summed E-state index contributed by atoms with van der Waals surface area (Å²) in [5.41, 5.74) is 0.0109. The number of nitrogens with one attached hydrogen (secondary N) is 1. The van der Waals surface area contributed by atoms with Crippen LogP contribution in [0.2, 0.25) is 0 Å². The van der Waals surface area contributed by atoms with E-state index < -0.39 is 5.97 Å². The second kappa shape index (κ2) is 5.13. The van der Waals surface area contributed by atoms with Crippen LogP contribution in [-0.4, -0.2) is 51.1 Å². The van der Waals surface area contributed by atoms with E-state index in [1.807, 2.05) is 0 Å². The van der Waals surface area contributed by atoms with Crippen LogP contribution in [0.1, 0.15) is 36.2 Å². The lowest BCUT2D eigenvalue weighted by Crippen LogP contribution is -2.42. The molecule has 1 aromatic heterocycles. The third-order valence-corrected chi connectivity index (χ3v) is 4.08. The summed E-state index contributed by atoms with van der Waals surface area (Å²) in [4.78, 5) is 21.6. The summed E-state index contributed by atoms with van der Waals surface area (Å²) in [6.07, 6.45) is 7.69. The Kier molecular flexibility index (Phi) is 3.33. The SMILES string of the molecule is O=C(O)c1nccnc1NC1CCN2CCCCC12. The van der Waals surface area contributed by atoms with Crippen LogP contribution in [0.4, 0.5) is 5.82 Å². The van der Waals surface area contributed by atoms with E-state index >= 15 is 0 Å². The molecule has 3 heterocycles. The molecule has 1 aromatic rings. The average Bonchev–Trinajstić information content (AvgIpc) is 2.83. The Morgan fingerprint density at radius 2 is 2.11 bits per heavy atom. The third kappa shape index (κ3) is 2.40. The Bertz CT molecular complexity index is 479. The molecular formula is C13H18N4O2. The van der Waals surface area contributed by atoms with E-state index in [0.29, 0.717) is 11.9 Å². The predicted molar refractivity (Wildman–Crippen MR) is 70.2 cm³/mol. The Balaban J connectivity index is 1.76. The molecule has 2 saturated heterocycles. The molecule has 102 valence electrons. The summed E-state index contributed by atoms with van der Waals surface area (Å²) in [5, 5.41) is 12.4. The smallest absolute Gasteiger partial charge is 0.358 e. The molecule has 2 N–H and O–H groups in total. The zero-order chi connectivity index (χ0) is 13.2. The van der Waals surface area contributed by atoms with Crippen molar-refractivity contribution >= 4 is 11.8 Å². The van der Waals surface area contributed by atoms with Crippen LogP contribution < -0.4 is 5.32 Å². The maximum Gasteiger partial charge on any atom is 0.358 e. The van der Waals surface area contributed by atoms with Crippen molar-refractivity contribution in [3.63, 3.8) is 0 Å². The number of hydrogen-bond donors (Lipinski definition) is 2. The van der Waals surface area contributed by atoms with E-state index in [1.54, 1.807) is 0 Å². The van der Waals surface area contributed by atoms with Crippen LogP contribution in [0, 0.1) is 0 Å². The van der Waals surface area contributed by atoms with Crippen molar-refractivity contribution in [3.8, 4) is 0 Å². The molecule has 0 aromatic carbocycles. The molecule has 0 bridgehead atoms. The minimum absolute atomic E-state index is 0.0109. The quantitative estimate of drug-likeness (QED) is 0.852. The Hall–Kier alpha value is -1.69. The highest BCUT2D eigenvalue weighted by molar-refractivity contribution is 5.90. The van der Waals surface area contributed by atoms with E-state index in [2.05, 4.69) is 20.2 Å². The number of hydrogen-bond acceptors (Lipinski definition) is 5. The second-order valence-corrected chi connectivity index (χ2v) is 5.20. The number of carboxylic acids is 1. The molecule has 2 fully saturated rings. The van der Waals surface area contributed by atoms with Gasteiger partial charge in [-0.15, -0.1) is 0 Å². The van der Waals surface area contributed by atoms with E-state index in [1.165, 1.54) is 31.7 Å². The van der Waals surface area contributed by atoms with Crippen LogP contribution in [0.25, 0.3) is 0 Å². The molecule has 2 aliphatic heterocycles. The molecule has 3 rings (SSSR count).